The molecule has 21 heavy (non-hydrogen) atoms. The largest absolute Gasteiger partial charge is 0.477 e. The lowest BCUT2D eigenvalue weighted by molar-refractivity contribution is 0.0685. The highest BCUT2D eigenvalue weighted by Crippen LogP contribution is 2.37. The first-order valence-corrected chi connectivity index (χ1v) is 8.66. The lowest BCUT2D eigenvalue weighted by Gasteiger charge is -2.21. The molecule has 1 fully saturated rings. The second-order valence-corrected chi connectivity index (χ2v) is 7.79. The van der Waals surface area contributed by atoms with E-state index < -0.39 is 16.0 Å². The molecule has 1 aromatic heterocycles. The minimum Gasteiger partial charge on any atom is -0.477 e. The van der Waals surface area contributed by atoms with Gasteiger partial charge in [-0.25, -0.2) is 13.2 Å². The van der Waals surface area contributed by atoms with Crippen molar-refractivity contribution < 1.29 is 18.3 Å². The number of hydrogen-bond acceptors (Lipinski definition) is 3. The molecule has 1 aliphatic carbocycles. The van der Waals surface area contributed by atoms with Crippen LogP contribution in [0.2, 0.25) is 0 Å². The minimum absolute atomic E-state index is 0.0525. The number of aromatic nitrogens is 1. The molecule has 1 aliphatic rings. The summed E-state index contributed by atoms with van der Waals surface area (Å²) in [6, 6.07) is 1.40. The van der Waals surface area contributed by atoms with E-state index in [2.05, 4.69) is 0 Å². The fourth-order valence-electron chi connectivity index (χ4n) is 2.37. The number of aromatic carboxylic acids is 1. The minimum atomic E-state index is -3.64. The van der Waals surface area contributed by atoms with Crippen LogP contribution in [-0.4, -0.2) is 41.5 Å². The van der Waals surface area contributed by atoms with Gasteiger partial charge in [-0.2, -0.15) is 4.31 Å². The van der Waals surface area contributed by atoms with Crippen molar-refractivity contribution in [3.05, 3.63) is 18.0 Å². The molecule has 0 radical (unpaired) electrons. The van der Waals surface area contributed by atoms with Gasteiger partial charge in [-0.15, -0.1) is 0 Å². The quantitative estimate of drug-likeness (QED) is 0.836. The molecule has 0 aromatic carbocycles. The molecule has 118 valence electrons. The van der Waals surface area contributed by atoms with Crippen LogP contribution in [0.4, 0.5) is 0 Å². The maximum atomic E-state index is 12.6. The van der Waals surface area contributed by atoms with Crippen molar-refractivity contribution in [2.45, 2.75) is 44.6 Å². The number of carboxylic acids is 1. The number of sulfonamides is 1. The van der Waals surface area contributed by atoms with E-state index in [0.29, 0.717) is 13.1 Å². The van der Waals surface area contributed by atoms with Crippen molar-refractivity contribution >= 4 is 16.0 Å². The van der Waals surface area contributed by atoms with Crippen molar-refractivity contribution in [1.82, 2.24) is 8.87 Å². The highest BCUT2D eigenvalue weighted by Gasteiger charge is 2.32. The highest BCUT2D eigenvalue weighted by atomic mass is 32.2. The van der Waals surface area contributed by atoms with E-state index in [9.17, 15) is 18.3 Å². The summed E-state index contributed by atoms with van der Waals surface area (Å²) in [6.45, 7) is 6.50. The molecule has 0 spiro atoms. The van der Waals surface area contributed by atoms with Gasteiger partial charge in [-0.3, -0.25) is 0 Å². The number of carbonyl (C=O) groups is 1. The average Bonchev–Trinajstić information content (AvgIpc) is 3.13. The lowest BCUT2D eigenvalue weighted by atomic mass is 10.2. The number of nitrogens with zero attached hydrogens (tertiary/aromatic N) is 2. The van der Waals surface area contributed by atoms with Crippen LogP contribution in [0.3, 0.4) is 0 Å². The van der Waals surface area contributed by atoms with Gasteiger partial charge in [0, 0.05) is 25.3 Å². The van der Waals surface area contributed by atoms with Crippen LogP contribution in [0.1, 0.15) is 50.1 Å². The predicted molar refractivity (Wildman–Crippen MR) is 78.9 cm³/mol. The molecule has 1 aromatic rings. The summed E-state index contributed by atoms with van der Waals surface area (Å²) in [6.07, 6.45) is 3.27. The van der Waals surface area contributed by atoms with E-state index in [4.69, 9.17) is 0 Å². The van der Waals surface area contributed by atoms with Crippen molar-refractivity contribution in [2.75, 3.05) is 13.1 Å². The summed E-state index contributed by atoms with van der Waals surface area (Å²) in [4.78, 5) is 11.4. The molecular weight excluding hydrogens is 292 g/mol. The first-order valence-electron chi connectivity index (χ1n) is 7.22. The fraction of sp³-hybridized carbons (Fsp3) is 0.643. The Kier molecular flexibility index (Phi) is 4.43. The van der Waals surface area contributed by atoms with E-state index in [1.165, 1.54) is 16.6 Å². The van der Waals surface area contributed by atoms with Crippen LogP contribution < -0.4 is 0 Å². The van der Waals surface area contributed by atoms with E-state index in [-0.39, 0.29) is 22.5 Å². The summed E-state index contributed by atoms with van der Waals surface area (Å²) in [5, 5.41) is 9.23. The van der Waals surface area contributed by atoms with Gasteiger partial charge in [0.2, 0.25) is 10.0 Å². The van der Waals surface area contributed by atoms with E-state index in [0.717, 1.165) is 12.8 Å². The Morgan fingerprint density at radius 3 is 2.52 bits per heavy atom. The first-order chi connectivity index (χ1) is 9.77. The highest BCUT2D eigenvalue weighted by molar-refractivity contribution is 7.89. The number of rotatable bonds is 7. The third kappa shape index (κ3) is 3.29. The summed E-state index contributed by atoms with van der Waals surface area (Å²) < 4.78 is 28.3. The Hall–Kier alpha value is -1.34. The lowest BCUT2D eigenvalue weighted by Crippen LogP contribution is -2.33. The topological polar surface area (TPSA) is 79.6 Å². The maximum Gasteiger partial charge on any atom is 0.352 e. The average molecular weight is 314 g/mol. The Morgan fingerprint density at radius 1 is 1.48 bits per heavy atom. The normalized spacial score (nSPS) is 15.9. The molecule has 2 rings (SSSR count). The summed E-state index contributed by atoms with van der Waals surface area (Å²) in [5.41, 5.74) is 0.0525. The first kappa shape index (κ1) is 16.0. The number of carboxylic acid groups (broad SMARTS) is 1. The monoisotopic (exact) mass is 314 g/mol. The molecule has 0 aliphatic heterocycles. The Balaban J connectivity index is 2.39. The second-order valence-electron chi connectivity index (χ2n) is 5.85. The van der Waals surface area contributed by atoms with Crippen LogP contribution in [-0.2, 0) is 10.0 Å². The van der Waals surface area contributed by atoms with Crippen molar-refractivity contribution in [3.8, 4) is 0 Å². The van der Waals surface area contributed by atoms with Crippen LogP contribution >= 0.6 is 0 Å². The van der Waals surface area contributed by atoms with Crippen LogP contribution in [0, 0.1) is 5.92 Å². The molecule has 0 atom stereocenters. The van der Waals surface area contributed by atoms with Crippen LogP contribution in [0.25, 0.3) is 0 Å². The van der Waals surface area contributed by atoms with Gasteiger partial charge in [-0.1, -0.05) is 20.8 Å². The zero-order valence-electron chi connectivity index (χ0n) is 12.6. The predicted octanol–water partition coefficient (Wildman–Crippen LogP) is 2.19. The van der Waals surface area contributed by atoms with Crippen LogP contribution in [0.15, 0.2) is 17.2 Å². The zero-order chi connectivity index (χ0) is 15.8. The smallest absolute Gasteiger partial charge is 0.352 e. The van der Waals surface area contributed by atoms with Gasteiger partial charge in [0.15, 0.2) is 0 Å². The molecule has 1 N–H and O–H groups in total. The van der Waals surface area contributed by atoms with Crippen molar-refractivity contribution in [2.24, 2.45) is 5.92 Å². The second kappa shape index (κ2) is 5.81. The zero-order valence-corrected chi connectivity index (χ0v) is 13.4. The molecule has 0 saturated heterocycles. The molecule has 0 amide bonds. The summed E-state index contributed by atoms with van der Waals surface area (Å²) in [7, 11) is -3.64. The van der Waals surface area contributed by atoms with E-state index in [1.54, 1.807) is 11.5 Å². The van der Waals surface area contributed by atoms with Gasteiger partial charge in [-0.05, 0) is 24.8 Å². The third-order valence-corrected chi connectivity index (χ3v) is 5.45. The molecule has 1 saturated carbocycles. The molecule has 0 unspecified atom stereocenters. The Morgan fingerprint density at radius 2 is 2.10 bits per heavy atom. The molecule has 0 bridgehead atoms. The summed E-state index contributed by atoms with van der Waals surface area (Å²) in [5.74, 6) is -0.876. The van der Waals surface area contributed by atoms with Crippen molar-refractivity contribution in [1.29, 1.82) is 0 Å². The van der Waals surface area contributed by atoms with E-state index >= 15 is 0 Å². The third-order valence-electron chi connectivity index (χ3n) is 3.54. The SMILES string of the molecule is CCN(CC(C)C)S(=O)(=O)c1cc(C(=O)O)n(C2CC2)c1. The van der Waals surface area contributed by atoms with Gasteiger partial charge in [0.05, 0.1) is 0 Å². The Labute approximate surface area is 125 Å². The molecule has 7 heteroatoms. The van der Waals surface area contributed by atoms with Gasteiger partial charge >= 0.3 is 5.97 Å². The fourth-order valence-corrected chi connectivity index (χ4v) is 4.01. The molecule has 1 heterocycles. The Bertz CT molecular complexity index is 629. The molecule has 6 nitrogen and oxygen atoms in total. The molecular formula is C14H22N2O4S. The van der Waals surface area contributed by atoms with Crippen molar-refractivity contribution in [3.63, 3.8) is 0 Å². The number of hydrogen-bond donors (Lipinski definition) is 1. The van der Waals surface area contributed by atoms with Gasteiger partial charge < -0.3 is 9.67 Å². The maximum absolute atomic E-state index is 12.6. The van der Waals surface area contributed by atoms with Crippen LogP contribution in [0.5, 0.6) is 0 Å². The summed E-state index contributed by atoms with van der Waals surface area (Å²) >= 11 is 0. The standard InChI is InChI=1S/C14H22N2O4S/c1-4-15(8-10(2)3)21(19,20)12-7-13(14(17)18)16(9-12)11-5-6-11/h7,9-11H,4-6,8H2,1-3H3,(H,17,18). The van der Waals surface area contributed by atoms with Gasteiger partial charge in [0.25, 0.3) is 0 Å². The van der Waals surface area contributed by atoms with E-state index in [1.807, 2.05) is 13.8 Å². The van der Waals surface area contributed by atoms with Gasteiger partial charge in [0.1, 0.15) is 10.6 Å².